The molecule has 2 aromatic heterocycles. The van der Waals surface area contributed by atoms with E-state index in [1.165, 1.54) is 22.3 Å². The molecule has 4 nitrogen and oxygen atoms in total. The third-order valence-corrected chi connectivity index (χ3v) is 10.3. The SMILES string of the molecule is Cc1cc2nc(-c3cc4ccccc4cc3O)sc2cc1C.Cc1cc2nc(-c3cc4ccccc4cc3O)sc2cc1C.[Zn]. The molecule has 0 spiro atoms. The third-order valence-electron chi connectivity index (χ3n) is 8.20. The molecule has 6 aromatic carbocycles. The summed E-state index contributed by atoms with van der Waals surface area (Å²) in [5.41, 5.74) is 8.62. The van der Waals surface area contributed by atoms with Crippen LogP contribution in [0.2, 0.25) is 0 Å². The van der Waals surface area contributed by atoms with Crippen molar-refractivity contribution in [1.82, 2.24) is 9.97 Å². The fraction of sp³-hybridized carbons (Fsp3) is 0.105. The molecule has 0 atom stereocenters. The van der Waals surface area contributed by atoms with E-state index in [2.05, 4.69) is 64.1 Å². The number of rotatable bonds is 2. The first-order valence-electron chi connectivity index (χ1n) is 14.4. The Kier molecular flexibility index (Phi) is 8.45. The van der Waals surface area contributed by atoms with Gasteiger partial charge in [0, 0.05) is 19.5 Å². The number of hydrogen-bond donors (Lipinski definition) is 2. The number of hydrogen-bond acceptors (Lipinski definition) is 6. The van der Waals surface area contributed by atoms with Gasteiger partial charge in [-0.2, -0.15) is 0 Å². The number of thiazole rings is 2. The van der Waals surface area contributed by atoms with Gasteiger partial charge in [0.15, 0.2) is 0 Å². The van der Waals surface area contributed by atoms with Crippen LogP contribution in [0.5, 0.6) is 11.5 Å². The van der Waals surface area contributed by atoms with Crippen molar-refractivity contribution < 1.29 is 29.7 Å². The van der Waals surface area contributed by atoms with Crippen LogP contribution in [0.25, 0.3) is 63.1 Å². The second kappa shape index (κ2) is 12.3. The molecule has 2 heterocycles. The number of phenolic OH excluding ortho intramolecular Hbond substituents is 2. The van der Waals surface area contributed by atoms with Gasteiger partial charge in [0.2, 0.25) is 0 Å². The van der Waals surface area contributed by atoms with Crippen LogP contribution < -0.4 is 0 Å². The molecular formula is C38H30N2O2S2Zn. The van der Waals surface area contributed by atoms with Crippen LogP contribution >= 0.6 is 22.7 Å². The average molecular weight is 676 g/mol. The van der Waals surface area contributed by atoms with Crippen molar-refractivity contribution in [3.63, 3.8) is 0 Å². The smallest absolute Gasteiger partial charge is 0.128 e. The molecule has 0 saturated heterocycles. The van der Waals surface area contributed by atoms with Crippen molar-refractivity contribution in [1.29, 1.82) is 0 Å². The summed E-state index contributed by atoms with van der Waals surface area (Å²) in [4.78, 5) is 9.42. The van der Waals surface area contributed by atoms with E-state index in [0.29, 0.717) is 0 Å². The summed E-state index contributed by atoms with van der Waals surface area (Å²) in [6.07, 6.45) is 0. The minimum absolute atomic E-state index is 0. The monoisotopic (exact) mass is 674 g/mol. The molecule has 2 N–H and O–H groups in total. The summed E-state index contributed by atoms with van der Waals surface area (Å²) in [5.74, 6) is 0.567. The number of benzene rings is 6. The van der Waals surface area contributed by atoms with Gasteiger partial charge in [0.25, 0.3) is 0 Å². The Morgan fingerprint density at radius 3 is 1.18 bits per heavy atom. The predicted molar refractivity (Wildman–Crippen MR) is 187 cm³/mol. The van der Waals surface area contributed by atoms with Crippen LogP contribution in [0.4, 0.5) is 0 Å². The number of aromatic hydroxyl groups is 2. The van der Waals surface area contributed by atoms with Crippen LogP contribution in [0, 0.1) is 27.7 Å². The van der Waals surface area contributed by atoms with E-state index >= 15 is 0 Å². The standard InChI is InChI=1S/2C19H15NOS.Zn/c2*1-11-7-16-18(8-12(11)2)22-19(20-16)15-9-13-5-3-4-6-14(13)10-17(15)21;/h2*3-10,21H,1-2H3;. The first kappa shape index (κ1) is 30.9. The van der Waals surface area contributed by atoms with Crippen LogP contribution in [0.3, 0.4) is 0 Å². The molecule has 8 rings (SSSR count). The third kappa shape index (κ3) is 5.96. The summed E-state index contributed by atoms with van der Waals surface area (Å²) >= 11 is 3.25. The Morgan fingerprint density at radius 2 is 0.800 bits per heavy atom. The van der Waals surface area contributed by atoms with Crippen LogP contribution in [-0.4, -0.2) is 20.2 Å². The van der Waals surface area contributed by atoms with Crippen molar-refractivity contribution in [3.8, 4) is 32.6 Å². The number of aryl methyl sites for hydroxylation is 4. The molecule has 45 heavy (non-hydrogen) atoms. The average Bonchev–Trinajstić information content (AvgIpc) is 3.60. The zero-order valence-electron chi connectivity index (χ0n) is 25.6. The van der Waals surface area contributed by atoms with Crippen molar-refractivity contribution in [2.24, 2.45) is 0 Å². The molecule has 0 radical (unpaired) electrons. The van der Waals surface area contributed by atoms with Gasteiger partial charge in [-0.15, -0.1) is 22.7 Å². The molecule has 8 aromatic rings. The van der Waals surface area contributed by atoms with E-state index in [1.807, 2.05) is 60.7 Å². The Hall–Kier alpha value is -4.16. The fourth-order valence-electron chi connectivity index (χ4n) is 5.39. The summed E-state index contributed by atoms with van der Waals surface area (Å²) in [5, 5.41) is 26.8. The second-order valence-corrected chi connectivity index (χ2v) is 13.3. The topological polar surface area (TPSA) is 66.2 Å². The Morgan fingerprint density at radius 1 is 0.467 bits per heavy atom. The normalized spacial score (nSPS) is 11.1. The van der Waals surface area contributed by atoms with Crippen molar-refractivity contribution in [2.75, 3.05) is 0 Å². The van der Waals surface area contributed by atoms with E-state index in [-0.39, 0.29) is 31.0 Å². The molecule has 0 aliphatic carbocycles. The number of fused-ring (bicyclic) bond motifs is 4. The molecule has 0 aliphatic rings. The van der Waals surface area contributed by atoms with E-state index in [4.69, 9.17) is 9.97 Å². The zero-order valence-corrected chi connectivity index (χ0v) is 30.2. The maximum Gasteiger partial charge on any atom is 0.128 e. The predicted octanol–water partition coefficient (Wildman–Crippen LogP) is 10.9. The van der Waals surface area contributed by atoms with Gasteiger partial charge < -0.3 is 10.2 Å². The van der Waals surface area contributed by atoms with E-state index in [0.717, 1.165) is 63.1 Å². The molecule has 0 saturated carbocycles. The van der Waals surface area contributed by atoms with Crippen molar-refractivity contribution >= 4 is 64.7 Å². The minimum atomic E-state index is 0. The molecule has 0 unspecified atom stereocenters. The van der Waals surface area contributed by atoms with Gasteiger partial charge in [-0.1, -0.05) is 48.5 Å². The second-order valence-electron chi connectivity index (χ2n) is 11.3. The van der Waals surface area contributed by atoms with E-state index < -0.39 is 0 Å². The van der Waals surface area contributed by atoms with Gasteiger partial charge in [-0.05, 0) is 120 Å². The van der Waals surface area contributed by atoms with Gasteiger partial charge in [-0.3, -0.25) is 0 Å². The van der Waals surface area contributed by atoms with Crippen LogP contribution in [0.15, 0.2) is 97.1 Å². The van der Waals surface area contributed by atoms with Crippen molar-refractivity contribution in [3.05, 3.63) is 119 Å². The Balaban J connectivity index is 0.000000155. The Bertz CT molecular complexity index is 2130. The zero-order chi connectivity index (χ0) is 30.5. The Labute approximate surface area is 282 Å². The summed E-state index contributed by atoms with van der Waals surface area (Å²) in [7, 11) is 0. The fourth-order valence-corrected chi connectivity index (χ4v) is 7.53. The van der Waals surface area contributed by atoms with E-state index in [9.17, 15) is 10.2 Å². The number of aromatic nitrogens is 2. The largest absolute Gasteiger partial charge is 0.507 e. The number of nitrogens with zero attached hydrogens (tertiary/aromatic N) is 2. The molecule has 0 fully saturated rings. The first-order valence-corrected chi connectivity index (χ1v) is 16.1. The maximum atomic E-state index is 10.4. The molecule has 0 aliphatic heterocycles. The number of phenols is 2. The van der Waals surface area contributed by atoms with Gasteiger partial charge in [-0.25, -0.2) is 9.97 Å². The molecule has 0 amide bonds. The van der Waals surface area contributed by atoms with Gasteiger partial charge in [0.05, 0.1) is 31.6 Å². The van der Waals surface area contributed by atoms with E-state index in [1.54, 1.807) is 22.7 Å². The summed E-state index contributed by atoms with van der Waals surface area (Å²) < 4.78 is 2.32. The molecule has 0 bridgehead atoms. The summed E-state index contributed by atoms with van der Waals surface area (Å²) in [6.45, 7) is 8.42. The quantitative estimate of drug-likeness (QED) is 0.179. The minimum Gasteiger partial charge on any atom is -0.507 e. The molecule has 7 heteroatoms. The van der Waals surface area contributed by atoms with Crippen LogP contribution in [-0.2, 0) is 19.5 Å². The van der Waals surface area contributed by atoms with Gasteiger partial charge in [0.1, 0.15) is 21.5 Å². The maximum absolute atomic E-state index is 10.4. The van der Waals surface area contributed by atoms with Gasteiger partial charge >= 0.3 is 0 Å². The molecular weight excluding hydrogens is 646 g/mol. The van der Waals surface area contributed by atoms with Crippen molar-refractivity contribution in [2.45, 2.75) is 27.7 Å². The van der Waals surface area contributed by atoms with Crippen LogP contribution in [0.1, 0.15) is 22.3 Å². The molecule has 218 valence electrons. The first-order chi connectivity index (χ1) is 21.2. The summed E-state index contributed by atoms with van der Waals surface area (Å²) in [6, 6.07) is 32.3.